The van der Waals surface area contributed by atoms with Gasteiger partial charge in [-0.1, -0.05) is 0 Å². The highest BCUT2D eigenvalue weighted by molar-refractivity contribution is 7.95. The number of rotatable bonds is 1. The van der Waals surface area contributed by atoms with Crippen molar-refractivity contribution >= 4 is 15.8 Å². The molecule has 1 unspecified atom stereocenters. The van der Waals surface area contributed by atoms with Crippen LogP contribution in [0.3, 0.4) is 0 Å². The SMILES string of the molecule is CC(C)(C)OC(=O)C1CC2(CCNCC2)S1(=O)=O. The van der Waals surface area contributed by atoms with Crippen molar-refractivity contribution in [2.45, 2.75) is 55.6 Å². The first-order valence-electron chi connectivity index (χ1n) is 6.35. The highest BCUT2D eigenvalue weighted by Gasteiger charge is 2.62. The van der Waals surface area contributed by atoms with Crippen molar-refractivity contribution < 1.29 is 17.9 Å². The molecule has 2 heterocycles. The molecule has 0 aromatic carbocycles. The Kier molecular flexibility index (Phi) is 3.22. The summed E-state index contributed by atoms with van der Waals surface area (Å²) in [6.07, 6.45) is 1.63. The molecule has 1 atom stereocenters. The molecule has 0 radical (unpaired) electrons. The normalized spacial score (nSPS) is 29.6. The predicted molar refractivity (Wildman–Crippen MR) is 68.0 cm³/mol. The van der Waals surface area contributed by atoms with Gasteiger partial charge in [0, 0.05) is 0 Å². The molecule has 0 aliphatic carbocycles. The van der Waals surface area contributed by atoms with Crippen LogP contribution in [0.15, 0.2) is 0 Å². The van der Waals surface area contributed by atoms with Crippen molar-refractivity contribution in [2.75, 3.05) is 13.1 Å². The van der Waals surface area contributed by atoms with Gasteiger partial charge in [-0.05, 0) is 53.1 Å². The lowest BCUT2D eigenvalue weighted by Crippen LogP contribution is -2.64. The van der Waals surface area contributed by atoms with Gasteiger partial charge in [0.1, 0.15) is 5.60 Å². The third-order valence-electron chi connectivity index (χ3n) is 3.72. The molecular weight excluding hydrogens is 254 g/mol. The average molecular weight is 275 g/mol. The van der Waals surface area contributed by atoms with E-state index in [9.17, 15) is 13.2 Å². The first kappa shape index (κ1) is 13.8. The van der Waals surface area contributed by atoms with Gasteiger partial charge in [-0.3, -0.25) is 4.79 Å². The van der Waals surface area contributed by atoms with E-state index in [-0.39, 0.29) is 0 Å². The van der Waals surface area contributed by atoms with Crippen LogP contribution >= 0.6 is 0 Å². The van der Waals surface area contributed by atoms with Crippen LogP contribution in [0.1, 0.15) is 40.0 Å². The maximum atomic E-state index is 12.3. The van der Waals surface area contributed by atoms with Crippen molar-refractivity contribution in [1.29, 1.82) is 0 Å². The number of sulfone groups is 1. The maximum Gasteiger partial charge on any atom is 0.324 e. The summed E-state index contributed by atoms with van der Waals surface area (Å²) in [5.41, 5.74) is -0.635. The van der Waals surface area contributed by atoms with Crippen LogP contribution in [0.5, 0.6) is 0 Å². The van der Waals surface area contributed by atoms with Gasteiger partial charge in [0.25, 0.3) is 0 Å². The molecule has 2 aliphatic rings. The van der Waals surface area contributed by atoms with E-state index in [0.29, 0.717) is 32.4 Å². The van der Waals surface area contributed by atoms with Gasteiger partial charge in [0.15, 0.2) is 15.1 Å². The summed E-state index contributed by atoms with van der Waals surface area (Å²) in [5, 5.41) is 2.20. The fourth-order valence-electron chi connectivity index (χ4n) is 2.71. The third kappa shape index (κ3) is 2.16. The summed E-state index contributed by atoms with van der Waals surface area (Å²) in [6.45, 7) is 6.66. The summed E-state index contributed by atoms with van der Waals surface area (Å²) in [4.78, 5) is 11.9. The number of nitrogens with one attached hydrogen (secondary N) is 1. The van der Waals surface area contributed by atoms with Gasteiger partial charge in [0.2, 0.25) is 0 Å². The molecule has 2 fully saturated rings. The molecule has 6 heteroatoms. The van der Waals surface area contributed by atoms with Gasteiger partial charge < -0.3 is 10.1 Å². The minimum atomic E-state index is -3.37. The van der Waals surface area contributed by atoms with E-state index in [0.717, 1.165) is 0 Å². The van der Waals surface area contributed by atoms with E-state index in [1.165, 1.54) is 0 Å². The van der Waals surface area contributed by atoms with E-state index in [1.54, 1.807) is 20.8 Å². The topological polar surface area (TPSA) is 72.5 Å². The van der Waals surface area contributed by atoms with E-state index < -0.39 is 31.4 Å². The smallest absolute Gasteiger partial charge is 0.324 e. The molecule has 1 spiro atoms. The Morgan fingerprint density at radius 3 is 2.28 bits per heavy atom. The quantitative estimate of drug-likeness (QED) is 0.711. The van der Waals surface area contributed by atoms with Crippen LogP contribution in [-0.2, 0) is 19.4 Å². The Balaban J connectivity index is 2.09. The zero-order valence-electron chi connectivity index (χ0n) is 11.2. The monoisotopic (exact) mass is 275 g/mol. The van der Waals surface area contributed by atoms with Crippen molar-refractivity contribution in [2.24, 2.45) is 0 Å². The Morgan fingerprint density at radius 1 is 1.28 bits per heavy atom. The van der Waals surface area contributed by atoms with Gasteiger partial charge >= 0.3 is 5.97 Å². The molecule has 2 rings (SSSR count). The third-order valence-corrected chi connectivity index (χ3v) is 6.61. The fraction of sp³-hybridized carbons (Fsp3) is 0.917. The second-order valence-corrected chi connectivity index (χ2v) is 8.73. The summed E-state index contributed by atoms with van der Waals surface area (Å²) >= 11 is 0. The first-order chi connectivity index (χ1) is 8.18. The Labute approximate surface area is 108 Å². The number of carbonyl (C=O) groups is 1. The van der Waals surface area contributed by atoms with Crippen LogP contribution in [0, 0.1) is 0 Å². The van der Waals surface area contributed by atoms with Crippen molar-refractivity contribution in [3.05, 3.63) is 0 Å². The van der Waals surface area contributed by atoms with Crippen molar-refractivity contribution in [3.63, 3.8) is 0 Å². The van der Waals surface area contributed by atoms with E-state index in [2.05, 4.69) is 5.32 Å². The number of hydrogen-bond donors (Lipinski definition) is 1. The molecule has 104 valence electrons. The molecule has 2 saturated heterocycles. The first-order valence-corrected chi connectivity index (χ1v) is 7.90. The lowest BCUT2D eigenvalue weighted by molar-refractivity contribution is -0.155. The Morgan fingerprint density at radius 2 is 1.83 bits per heavy atom. The minimum absolute atomic E-state index is 0.423. The molecule has 0 amide bonds. The maximum absolute atomic E-state index is 12.3. The zero-order valence-corrected chi connectivity index (χ0v) is 12.0. The summed E-state index contributed by atoms with van der Waals surface area (Å²) in [5.74, 6) is -0.591. The molecular formula is C12H21NO4S. The van der Waals surface area contributed by atoms with Crippen LogP contribution in [0.2, 0.25) is 0 Å². The van der Waals surface area contributed by atoms with Gasteiger partial charge in [0.05, 0.1) is 4.75 Å². The van der Waals surface area contributed by atoms with Crippen molar-refractivity contribution in [3.8, 4) is 0 Å². The molecule has 5 nitrogen and oxygen atoms in total. The van der Waals surface area contributed by atoms with Crippen LogP contribution in [-0.4, -0.2) is 43.1 Å². The number of hydrogen-bond acceptors (Lipinski definition) is 5. The van der Waals surface area contributed by atoms with Gasteiger partial charge in [-0.25, -0.2) is 8.42 Å². The molecule has 0 bridgehead atoms. The summed E-state index contributed by atoms with van der Waals surface area (Å²) in [7, 11) is -3.37. The van der Waals surface area contributed by atoms with E-state index in [4.69, 9.17) is 4.74 Å². The lowest BCUT2D eigenvalue weighted by Gasteiger charge is -2.48. The minimum Gasteiger partial charge on any atom is -0.459 e. The summed E-state index contributed by atoms with van der Waals surface area (Å²) < 4.78 is 29.2. The lowest BCUT2D eigenvalue weighted by atomic mass is 9.90. The standard InChI is InChI=1S/C12H21NO4S/c1-11(2,3)17-10(14)9-8-12(18(9,15)16)4-6-13-7-5-12/h9,13H,4-8H2,1-3H3. The van der Waals surface area contributed by atoms with Crippen LogP contribution < -0.4 is 5.32 Å². The molecule has 0 saturated carbocycles. The van der Waals surface area contributed by atoms with E-state index >= 15 is 0 Å². The highest BCUT2D eigenvalue weighted by atomic mass is 32.2. The molecule has 0 aromatic heterocycles. The number of piperidine rings is 1. The Bertz CT molecular complexity index is 443. The van der Waals surface area contributed by atoms with Crippen LogP contribution in [0.25, 0.3) is 0 Å². The fourth-order valence-corrected chi connectivity index (χ4v) is 5.03. The van der Waals surface area contributed by atoms with E-state index in [1.807, 2.05) is 0 Å². The number of esters is 1. The largest absolute Gasteiger partial charge is 0.459 e. The van der Waals surface area contributed by atoms with Gasteiger partial charge in [-0.15, -0.1) is 0 Å². The molecule has 2 aliphatic heterocycles. The summed E-state index contributed by atoms with van der Waals surface area (Å²) in [6, 6.07) is 0. The second-order valence-electron chi connectivity index (χ2n) is 6.20. The number of carbonyl (C=O) groups excluding carboxylic acids is 1. The average Bonchev–Trinajstić information content (AvgIpc) is 2.25. The molecule has 1 N–H and O–H groups in total. The number of ether oxygens (including phenoxy) is 1. The predicted octanol–water partition coefficient (Wildman–Crippen LogP) is 0.637. The molecule has 0 aromatic rings. The van der Waals surface area contributed by atoms with Crippen molar-refractivity contribution in [1.82, 2.24) is 5.32 Å². The van der Waals surface area contributed by atoms with Crippen LogP contribution in [0.4, 0.5) is 0 Å². The second kappa shape index (κ2) is 4.20. The van der Waals surface area contributed by atoms with Gasteiger partial charge in [-0.2, -0.15) is 0 Å². The molecule has 18 heavy (non-hydrogen) atoms. The highest BCUT2D eigenvalue weighted by Crippen LogP contribution is 2.47. The zero-order chi connectivity index (χ0) is 13.6. The Hall–Kier alpha value is -0.620.